The van der Waals surface area contributed by atoms with Crippen molar-refractivity contribution in [1.82, 2.24) is 0 Å². The molecule has 0 amide bonds. The summed E-state index contributed by atoms with van der Waals surface area (Å²) < 4.78 is 24.1. The van der Waals surface area contributed by atoms with Crippen LogP contribution in [-0.2, 0) is 9.53 Å². The SMILES string of the molecule is CC(C)C(OC(=O)[C@H](C)N)[C@H](C)Oc1cccc(F)c1. The van der Waals surface area contributed by atoms with Crippen molar-refractivity contribution in [2.45, 2.75) is 45.9 Å². The summed E-state index contributed by atoms with van der Waals surface area (Å²) in [5, 5.41) is 0. The Morgan fingerprint density at radius 3 is 2.40 bits per heavy atom. The Kier molecular flexibility index (Phi) is 5.95. The quantitative estimate of drug-likeness (QED) is 0.815. The van der Waals surface area contributed by atoms with E-state index in [-0.39, 0.29) is 11.7 Å². The lowest BCUT2D eigenvalue weighted by Crippen LogP contribution is -2.41. The topological polar surface area (TPSA) is 61.5 Å². The van der Waals surface area contributed by atoms with Gasteiger partial charge in [0.2, 0.25) is 0 Å². The monoisotopic (exact) mass is 283 g/mol. The Labute approximate surface area is 119 Å². The van der Waals surface area contributed by atoms with Crippen molar-refractivity contribution in [1.29, 1.82) is 0 Å². The molecular formula is C15H22FNO3. The lowest BCUT2D eigenvalue weighted by Gasteiger charge is -2.28. The van der Waals surface area contributed by atoms with E-state index in [2.05, 4.69) is 0 Å². The molecule has 0 saturated heterocycles. The third-order valence-corrected chi connectivity index (χ3v) is 2.86. The predicted octanol–water partition coefficient (Wildman–Crippen LogP) is 2.51. The number of carbonyl (C=O) groups is 1. The molecule has 0 aliphatic carbocycles. The lowest BCUT2D eigenvalue weighted by atomic mass is 10.0. The van der Waals surface area contributed by atoms with E-state index < -0.39 is 24.2 Å². The van der Waals surface area contributed by atoms with Crippen LogP contribution in [0.2, 0.25) is 0 Å². The zero-order valence-corrected chi connectivity index (χ0v) is 12.3. The van der Waals surface area contributed by atoms with E-state index in [0.717, 1.165) is 0 Å². The van der Waals surface area contributed by atoms with Crippen molar-refractivity contribution >= 4 is 5.97 Å². The normalized spacial score (nSPS) is 15.6. The minimum absolute atomic E-state index is 0.0567. The van der Waals surface area contributed by atoms with Crippen LogP contribution in [-0.4, -0.2) is 24.2 Å². The summed E-state index contributed by atoms with van der Waals surface area (Å²) in [4.78, 5) is 11.6. The summed E-state index contributed by atoms with van der Waals surface area (Å²) >= 11 is 0. The summed E-state index contributed by atoms with van der Waals surface area (Å²) in [6.45, 7) is 7.19. The molecule has 1 unspecified atom stereocenters. The zero-order valence-electron chi connectivity index (χ0n) is 12.3. The maximum atomic E-state index is 13.1. The molecule has 1 rings (SSSR count). The zero-order chi connectivity index (χ0) is 15.3. The third kappa shape index (κ3) is 4.81. The first-order chi connectivity index (χ1) is 9.31. The first kappa shape index (κ1) is 16.4. The van der Waals surface area contributed by atoms with E-state index in [1.54, 1.807) is 26.0 Å². The van der Waals surface area contributed by atoms with Crippen LogP contribution < -0.4 is 10.5 Å². The Hall–Kier alpha value is -1.62. The molecule has 2 N–H and O–H groups in total. The van der Waals surface area contributed by atoms with E-state index in [1.165, 1.54) is 12.1 Å². The standard InChI is InChI=1S/C15H22FNO3/c1-9(2)14(20-15(18)10(3)17)11(4)19-13-7-5-6-12(16)8-13/h5-11,14H,17H2,1-4H3/t10-,11-,14?/m0/s1. The highest BCUT2D eigenvalue weighted by molar-refractivity contribution is 5.75. The molecule has 0 aliphatic rings. The highest BCUT2D eigenvalue weighted by Crippen LogP contribution is 2.19. The maximum absolute atomic E-state index is 13.1. The molecule has 3 atom stereocenters. The van der Waals surface area contributed by atoms with Gasteiger partial charge in [-0.2, -0.15) is 0 Å². The van der Waals surface area contributed by atoms with E-state index >= 15 is 0 Å². The molecule has 5 heteroatoms. The molecule has 0 heterocycles. The van der Waals surface area contributed by atoms with E-state index in [9.17, 15) is 9.18 Å². The third-order valence-electron chi connectivity index (χ3n) is 2.86. The van der Waals surface area contributed by atoms with Gasteiger partial charge in [0, 0.05) is 6.07 Å². The van der Waals surface area contributed by atoms with Crippen molar-refractivity contribution in [3.63, 3.8) is 0 Å². The molecule has 1 aromatic rings. The first-order valence-electron chi connectivity index (χ1n) is 6.69. The van der Waals surface area contributed by atoms with Gasteiger partial charge in [-0.1, -0.05) is 19.9 Å². The molecule has 0 saturated carbocycles. The molecule has 1 aromatic carbocycles. The molecule has 0 fully saturated rings. The van der Waals surface area contributed by atoms with Gasteiger partial charge in [-0.05, 0) is 31.9 Å². The van der Waals surface area contributed by atoms with Crippen LogP contribution in [0.15, 0.2) is 24.3 Å². The van der Waals surface area contributed by atoms with Gasteiger partial charge in [0.25, 0.3) is 0 Å². The largest absolute Gasteiger partial charge is 0.487 e. The second-order valence-electron chi connectivity index (χ2n) is 5.21. The summed E-state index contributed by atoms with van der Waals surface area (Å²) in [5.41, 5.74) is 5.49. The summed E-state index contributed by atoms with van der Waals surface area (Å²) in [6, 6.07) is 5.17. The Bertz CT molecular complexity index is 448. The van der Waals surface area contributed by atoms with Crippen LogP contribution in [0.1, 0.15) is 27.7 Å². The van der Waals surface area contributed by atoms with E-state index in [0.29, 0.717) is 5.75 Å². The molecule has 4 nitrogen and oxygen atoms in total. The summed E-state index contributed by atoms with van der Waals surface area (Å²) in [6.07, 6.45) is -0.851. The lowest BCUT2D eigenvalue weighted by molar-refractivity contribution is -0.157. The van der Waals surface area contributed by atoms with Crippen molar-refractivity contribution in [3.05, 3.63) is 30.1 Å². The fourth-order valence-electron chi connectivity index (χ4n) is 1.84. The van der Waals surface area contributed by atoms with E-state index in [1.807, 2.05) is 13.8 Å². The Morgan fingerprint density at radius 1 is 1.25 bits per heavy atom. The summed E-state index contributed by atoms with van der Waals surface area (Å²) in [5.74, 6) is -0.386. The van der Waals surface area contributed by atoms with Gasteiger partial charge in [0.1, 0.15) is 29.8 Å². The number of benzene rings is 1. The number of hydrogen-bond donors (Lipinski definition) is 1. The molecule has 112 valence electrons. The minimum Gasteiger partial charge on any atom is -0.487 e. The highest BCUT2D eigenvalue weighted by Gasteiger charge is 2.27. The Balaban J connectivity index is 2.74. The number of halogens is 1. The fourth-order valence-corrected chi connectivity index (χ4v) is 1.84. The molecule has 0 aromatic heterocycles. The van der Waals surface area contributed by atoms with Gasteiger partial charge in [0.15, 0.2) is 0 Å². The van der Waals surface area contributed by atoms with Crippen molar-refractivity contribution in [2.24, 2.45) is 11.7 Å². The number of esters is 1. The van der Waals surface area contributed by atoms with Crippen molar-refractivity contribution < 1.29 is 18.7 Å². The van der Waals surface area contributed by atoms with Gasteiger partial charge in [-0.25, -0.2) is 4.39 Å². The van der Waals surface area contributed by atoms with Crippen LogP contribution in [0, 0.1) is 11.7 Å². The van der Waals surface area contributed by atoms with Gasteiger partial charge in [-0.15, -0.1) is 0 Å². The van der Waals surface area contributed by atoms with Crippen LogP contribution >= 0.6 is 0 Å². The Morgan fingerprint density at radius 2 is 1.90 bits per heavy atom. The average Bonchev–Trinajstić information content (AvgIpc) is 2.34. The second-order valence-corrected chi connectivity index (χ2v) is 5.21. The highest BCUT2D eigenvalue weighted by atomic mass is 19.1. The van der Waals surface area contributed by atoms with Crippen LogP contribution in [0.25, 0.3) is 0 Å². The molecule has 20 heavy (non-hydrogen) atoms. The molecule has 0 spiro atoms. The number of nitrogens with two attached hydrogens (primary N) is 1. The molecule has 0 aliphatic heterocycles. The van der Waals surface area contributed by atoms with Crippen LogP contribution in [0.3, 0.4) is 0 Å². The molecular weight excluding hydrogens is 261 g/mol. The van der Waals surface area contributed by atoms with Crippen molar-refractivity contribution in [3.8, 4) is 5.75 Å². The van der Waals surface area contributed by atoms with Gasteiger partial charge >= 0.3 is 5.97 Å². The first-order valence-corrected chi connectivity index (χ1v) is 6.69. The smallest absolute Gasteiger partial charge is 0.323 e. The maximum Gasteiger partial charge on any atom is 0.323 e. The van der Waals surface area contributed by atoms with Crippen LogP contribution in [0.5, 0.6) is 5.75 Å². The second kappa shape index (κ2) is 7.24. The number of rotatable bonds is 6. The molecule has 0 bridgehead atoms. The van der Waals surface area contributed by atoms with Gasteiger partial charge in [-0.3, -0.25) is 4.79 Å². The van der Waals surface area contributed by atoms with Crippen LogP contribution in [0.4, 0.5) is 4.39 Å². The number of carbonyl (C=O) groups excluding carboxylic acids is 1. The van der Waals surface area contributed by atoms with E-state index in [4.69, 9.17) is 15.2 Å². The average molecular weight is 283 g/mol. The summed E-state index contributed by atoms with van der Waals surface area (Å²) in [7, 11) is 0. The predicted molar refractivity (Wildman–Crippen MR) is 74.9 cm³/mol. The fraction of sp³-hybridized carbons (Fsp3) is 0.533. The number of ether oxygens (including phenoxy) is 2. The molecule has 0 radical (unpaired) electrons. The van der Waals surface area contributed by atoms with Gasteiger partial charge in [0.05, 0.1) is 0 Å². The van der Waals surface area contributed by atoms with Crippen molar-refractivity contribution in [2.75, 3.05) is 0 Å². The van der Waals surface area contributed by atoms with Gasteiger partial charge < -0.3 is 15.2 Å². The minimum atomic E-state index is -0.683. The number of hydrogen-bond acceptors (Lipinski definition) is 4.